The Morgan fingerprint density at radius 3 is 1.51 bits per heavy atom. The number of benzene rings is 4. The highest BCUT2D eigenvalue weighted by Gasteiger charge is 2.17. The molecular weight excluding hydrogens is 635 g/mol. The van der Waals surface area contributed by atoms with Crippen LogP contribution in [0.5, 0.6) is 23.0 Å². The molecule has 0 unspecified atom stereocenters. The zero-order valence-corrected chi connectivity index (χ0v) is 27.5. The van der Waals surface area contributed by atoms with E-state index in [4.69, 9.17) is 19.4 Å². The Labute approximate surface area is 293 Å². The number of fused-ring (bicyclic) bond motifs is 3. The first-order chi connectivity index (χ1) is 25.2. The van der Waals surface area contributed by atoms with E-state index in [0.717, 1.165) is 55.7 Å². The largest absolute Gasteiger partial charge is 0.457 e. The number of ether oxygens (including phenoxy) is 2. The lowest BCUT2D eigenvalue weighted by Gasteiger charge is -2.11. The highest BCUT2D eigenvalue weighted by Crippen LogP contribution is 2.38. The molecular formula is C42H29N7O2. The van der Waals surface area contributed by atoms with Crippen LogP contribution in [0.2, 0.25) is 0 Å². The third-order valence-corrected chi connectivity index (χ3v) is 8.69. The van der Waals surface area contributed by atoms with E-state index in [1.165, 1.54) is 0 Å². The van der Waals surface area contributed by atoms with Crippen LogP contribution in [-0.2, 0) is 7.05 Å². The Balaban J connectivity index is 1.13. The summed E-state index contributed by atoms with van der Waals surface area (Å²) in [6.45, 7) is 0. The number of rotatable bonds is 8. The number of aromatic nitrogens is 7. The molecule has 0 saturated heterocycles. The van der Waals surface area contributed by atoms with E-state index in [0.29, 0.717) is 28.9 Å². The molecule has 0 aliphatic heterocycles. The second-order valence-electron chi connectivity index (χ2n) is 12.0. The second kappa shape index (κ2) is 12.7. The fourth-order valence-electron chi connectivity index (χ4n) is 6.29. The number of aryl methyl sites for hydroxylation is 1. The maximum Gasteiger partial charge on any atom is 0.234 e. The molecule has 0 bridgehead atoms. The summed E-state index contributed by atoms with van der Waals surface area (Å²) in [6.07, 6.45) is 10.8. The first-order valence-electron chi connectivity index (χ1n) is 16.4. The predicted molar refractivity (Wildman–Crippen MR) is 198 cm³/mol. The molecule has 5 heterocycles. The van der Waals surface area contributed by atoms with E-state index in [9.17, 15) is 0 Å². The van der Waals surface area contributed by atoms with Crippen molar-refractivity contribution in [2.24, 2.45) is 7.05 Å². The van der Waals surface area contributed by atoms with Crippen molar-refractivity contribution in [1.29, 1.82) is 0 Å². The van der Waals surface area contributed by atoms with Crippen LogP contribution >= 0.6 is 0 Å². The minimum absolute atomic E-state index is 0.511. The molecule has 9 heteroatoms. The van der Waals surface area contributed by atoms with E-state index < -0.39 is 0 Å². The third-order valence-electron chi connectivity index (χ3n) is 8.69. The Morgan fingerprint density at radius 1 is 0.471 bits per heavy atom. The van der Waals surface area contributed by atoms with Gasteiger partial charge in [-0.15, -0.1) is 0 Å². The van der Waals surface area contributed by atoms with Gasteiger partial charge in [0.2, 0.25) is 5.95 Å². The summed E-state index contributed by atoms with van der Waals surface area (Å²) in [4.78, 5) is 23.1. The molecule has 0 N–H and O–H groups in total. The summed E-state index contributed by atoms with van der Waals surface area (Å²) < 4.78 is 16.9. The SMILES string of the molecule is Cn1ccnc1-c1cnc(-n2c3cc(Oc4cccc(-c5ccccn5)c4)ccc3c3ccc(Oc4cccc(-c5ccccn5)c4)cc32)nc1. The van der Waals surface area contributed by atoms with Crippen LogP contribution < -0.4 is 9.47 Å². The topological polar surface area (TPSA) is 92.8 Å². The molecule has 9 aromatic rings. The molecule has 0 amide bonds. The molecule has 0 aliphatic rings. The molecule has 51 heavy (non-hydrogen) atoms. The molecule has 0 atom stereocenters. The van der Waals surface area contributed by atoms with E-state index in [1.807, 2.05) is 132 Å². The number of imidazole rings is 1. The van der Waals surface area contributed by atoms with E-state index >= 15 is 0 Å². The van der Waals surface area contributed by atoms with Crippen LogP contribution in [0.25, 0.3) is 61.7 Å². The first-order valence-corrected chi connectivity index (χ1v) is 16.4. The molecule has 9 rings (SSSR count). The first kappa shape index (κ1) is 30.0. The minimum atomic E-state index is 0.511. The van der Waals surface area contributed by atoms with Crippen molar-refractivity contribution in [2.75, 3.05) is 0 Å². The number of pyridine rings is 2. The van der Waals surface area contributed by atoms with Gasteiger partial charge in [0, 0.05) is 78.3 Å². The van der Waals surface area contributed by atoms with Gasteiger partial charge in [0.05, 0.1) is 28.0 Å². The average molecular weight is 664 g/mol. The molecule has 0 spiro atoms. The number of hydrogen-bond donors (Lipinski definition) is 0. The molecule has 9 nitrogen and oxygen atoms in total. The quantitative estimate of drug-likeness (QED) is 0.160. The summed E-state index contributed by atoms with van der Waals surface area (Å²) in [6, 6.07) is 39.8. The van der Waals surface area contributed by atoms with Gasteiger partial charge in [-0.2, -0.15) is 0 Å². The Hall–Kier alpha value is -7.13. The van der Waals surface area contributed by atoms with E-state index in [1.54, 1.807) is 31.0 Å². The van der Waals surface area contributed by atoms with Gasteiger partial charge in [0.1, 0.15) is 28.8 Å². The van der Waals surface area contributed by atoms with Crippen molar-refractivity contribution in [3.8, 4) is 62.8 Å². The summed E-state index contributed by atoms with van der Waals surface area (Å²) >= 11 is 0. The standard InChI is InChI=1S/C42H29N7O2/c1-48-21-20-45-41(48)30-26-46-42(47-27-30)49-39-24-33(50-31-10-6-8-28(22-31)37-12-2-4-18-43-37)14-16-35(39)36-17-15-34(25-40(36)49)51-32-11-7-9-29(23-32)38-13-3-5-19-44-38/h2-27H,1H3. The zero-order chi connectivity index (χ0) is 34.1. The molecule has 5 aromatic heterocycles. The molecule has 0 aliphatic carbocycles. The maximum absolute atomic E-state index is 6.44. The Morgan fingerprint density at radius 2 is 1.02 bits per heavy atom. The fraction of sp³-hybridized carbons (Fsp3) is 0.0238. The summed E-state index contributed by atoms with van der Waals surface area (Å²) in [5.41, 5.74) is 6.31. The van der Waals surface area contributed by atoms with Crippen molar-refractivity contribution >= 4 is 21.8 Å². The smallest absolute Gasteiger partial charge is 0.234 e. The maximum atomic E-state index is 6.44. The van der Waals surface area contributed by atoms with Crippen LogP contribution in [0.3, 0.4) is 0 Å². The van der Waals surface area contributed by atoms with Gasteiger partial charge >= 0.3 is 0 Å². The molecule has 0 fully saturated rings. The average Bonchev–Trinajstić information content (AvgIpc) is 3.76. The lowest BCUT2D eigenvalue weighted by Crippen LogP contribution is -2.02. The lowest BCUT2D eigenvalue weighted by molar-refractivity contribution is 0.483. The molecule has 244 valence electrons. The normalized spacial score (nSPS) is 11.2. The van der Waals surface area contributed by atoms with Crippen LogP contribution in [0.1, 0.15) is 0 Å². The summed E-state index contributed by atoms with van der Waals surface area (Å²) in [5.74, 6) is 4.07. The summed E-state index contributed by atoms with van der Waals surface area (Å²) in [7, 11) is 1.95. The van der Waals surface area contributed by atoms with Crippen molar-refractivity contribution in [1.82, 2.24) is 34.1 Å². The Kier molecular flexibility index (Phi) is 7.47. The highest BCUT2D eigenvalue weighted by atomic mass is 16.5. The van der Waals surface area contributed by atoms with Crippen molar-refractivity contribution < 1.29 is 9.47 Å². The van der Waals surface area contributed by atoms with Gasteiger partial charge in [-0.05, 0) is 72.8 Å². The second-order valence-corrected chi connectivity index (χ2v) is 12.0. The summed E-state index contributed by atoms with van der Waals surface area (Å²) in [5, 5.41) is 2.06. The third kappa shape index (κ3) is 5.83. The highest BCUT2D eigenvalue weighted by molar-refractivity contribution is 6.09. The van der Waals surface area contributed by atoms with Crippen molar-refractivity contribution in [3.05, 3.63) is 159 Å². The monoisotopic (exact) mass is 663 g/mol. The van der Waals surface area contributed by atoms with Crippen LogP contribution in [0.4, 0.5) is 0 Å². The Bertz CT molecular complexity index is 2510. The van der Waals surface area contributed by atoms with Crippen LogP contribution in [0, 0.1) is 0 Å². The van der Waals surface area contributed by atoms with Gasteiger partial charge in [-0.25, -0.2) is 15.0 Å². The van der Waals surface area contributed by atoms with Crippen molar-refractivity contribution in [3.63, 3.8) is 0 Å². The number of hydrogen-bond acceptors (Lipinski definition) is 7. The zero-order valence-electron chi connectivity index (χ0n) is 27.5. The molecule has 0 saturated carbocycles. The molecule has 4 aromatic carbocycles. The predicted octanol–water partition coefficient (Wildman–Crippen LogP) is 9.68. The minimum Gasteiger partial charge on any atom is -0.457 e. The van der Waals surface area contributed by atoms with E-state index in [2.05, 4.69) is 27.1 Å². The molecule has 0 radical (unpaired) electrons. The van der Waals surface area contributed by atoms with Crippen LogP contribution in [-0.4, -0.2) is 34.1 Å². The van der Waals surface area contributed by atoms with Crippen LogP contribution in [0.15, 0.2) is 159 Å². The van der Waals surface area contributed by atoms with Gasteiger partial charge in [-0.3, -0.25) is 14.5 Å². The number of nitrogens with zero attached hydrogens (tertiary/aromatic N) is 7. The van der Waals surface area contributed by atoms with Gasteiger partial charge in [0.15, 0.2) is 0 Å². The van der Waals surface area contributed by atoms with Gasteiger partial charge in [-0.1, -0.05) is 36.4 Å². The lowest BCUT2D eigenvalue weighted by atomic mass is 10.1. The fourth-order valence-corrected chi connectivity index (χ4v) is 6.29. The van der Waals surface area contributed by atoms with Gasteiger partial charge in [0.25, 0.3) is 0 Å². The van der Waals surface area contributed by atoms with Gasteiger partial charge < -0.3 is 14.0 Å². The van der Waals surface area contributed by atoms with E-state index in [-0.39, 0.29) is 0 Å². The van der Waals surface area contributed by atoms with Crippen molar-refractivity contribution in [2.45, 2.75) is 0 Å².